The highest BCUT2D eigenvalue weighted by Gasteiger charge is 2.08. The van der Waals surface area contributed by atoms with Crippen LogP contribution in [0.1, 0.15) is 12.1 Å². The number of anilines is 1. The first-order valence-corrected chi connectivity index (χ1v) is 6.23. The van der Waals surface area contributed by atoms with E-state index < -0.39 is 0 Å². The van der Waals surface area contributed by atoms with E-state index in [2.05, 4.69) is 19.9 Å². The van der Waals surface area contributed by atoms with Crippen molar-refractivity contribution < 1.29 is 4.74 Å². The molecule has 0 unspecified atom stereocenters. The van der Waals surface area contributed by atoms with Crippen LogP contribution in [-0.2, 0) is 4.74 Å². The van der Waals surface area contributed by atoms with E-state index in [-0.39, 0.29) is 5.95 Å². The summed E-state index contributed by atoms with van der Waals surface area (Å²) in [4.78, 5) is 14.6. The lowest BCUT2D eigenvalue weighted by atomic mass is 10.3. The standard InChI is InChI=1S/C12H19N5O/c13-12-15-4-2-11(16-12)10-14-3-1-5-17-6-8-18-9-7-17/h2,4,10H,1,3,5-9H2,(H2,13,15,16). The van der Waals surface area contributed by atoms with Gasteiger partial charge in [0.2, 0.25) is 5.95 Å². The molecule has 2 N–H and O–H groups in total. The molecule has 1 fully saturated rings. The van der Waals surface area contributed by atoms with Crippen molar-refractivity contribution in [2.75, 3.05) is 45.1 Å². The van der Waals surface area contributed by atoms with Crippen LogP contribution in [0.2, 0.25) is 0 Å². The summed E-state index contributed by atoms with van der Waals surface area (Å²) >= 11 is 0. The van der Waals surface area contributed by atoms with E-state index in [1.165, 1.54) is 0 Å². The zero-order valence-corrected chi connectivity index (χ0v) is 10.5. The second kappa shape index (κ2) is 7.03. The summed E-state index contributed by atoms with van der Waals surface area (Å²) in [7, 11) is 0. The van der Waals surface area contributed by atoms with Crippen molar-refractivity contribution in [3.8, 4) is 0 Å². The molecule has 2 rings (SSSR count). The summed E-state index contributed by atoms with van der Waals surface area (Å²) in [6, 6.07) is 1.79. The quantitative estimate of drug-likeness (QED) is 0.596. The van der Waals surface area contributed by atoms with E-state index in [4.69, 9.17) is 10.5 Å². The minimum Gasteiger partial charge on any atom is -0.379 e. The molecule has 0 saturated carbocycles. The van der Waals surface area contributed by atoms with Crippen molar-refractivity contribution in [2.45, 2.75) is 6.42 Å². The van der Waals surface area contributed by atoms with E-state index in [1.807, 2.05) is 0 Å². The van der Waals surface area contributed by atoms with Gasteiger partial charge in [0.1, 0.15) is 0 Å². The van der Waals surface area contributed by atoms with E-state index in [1.54, 1.807) is 18.5 Å². The minimum atomic E-state index is 0.285. The molecule has 0 amide bonds. The normalized spacial score (nSPS) is 17.3. The highest BCUT2D eigenvalue weighted by Crippen LogP contribution is 1.98. The molecule has 1 aromatic rings. The molecular weight excluding hydrogens is 230 g/mol. The zero-order chi connectivity index (χ0) is 12.6. The number of aliphatic imine (C=N–C) groups is 1. The fourth-order valence-electron chi connectivity index (χ4n) is 1.83. The van der Waals surface area contributed by atoms with Gasteiger partial charge in [-0.05, 0) is 12.5 Å². The summed E-state index contributed by atoms with van der Waals surface area (Å²) in [5, 5.41) is 0. The number of hydrogen-bond donors (Lipinski definition) is 1. The number of nitrogens with zero attached hydrogens (tertiary/aromatic N) is 4. The average molecular weight is 249 g/mol. The van der Waals surface area contributed by atoms with E-state index >= 15 is 0 Å². The Morgan fingerprint density at radius 1 is 1.44 bits per heavy atom. The number of ether oxygens (including phenoxy) is 1. The number of nitrogens with two attached hydrogens (primary N) is 1. The van der Waals surface area contributed by atoms with Crippen molar-refractivity contribution in [3.05, 3.63) is 18.0 Å². The maximum absolute atomic E-state index is 5.48. The molecule has 0 atom stereocenters. The molecule has 6 heteroatoms. The highest BCUT2D eigenvalue weighted by atomic mass is 16.5. The molecule has 1 aliphatic rings. The maximum Gasteiger partial charge on any atom is 0.220 e. The van der Waals surface area contributed by atoms with Gasteiger partial charge in [0.25, 0.3) is 0 Å². The predicted molar refractivity (Wildman–Crippen MR) is 70.8 cm³/mol. The minimum absolute atomic E-state index is 0.285. The fraction of sp³-hybridized carbons (Fsp3) is 0.583. The largest absolute Gasteiger partial charge is 0.379 e. The van der Waals surface area contributed by atoms with Gasteiger partial charge in [-0.1, -0.05) is 0 Å². The number of rotatable bonds is 5. The van der Waals surface area contributed by atoms with Crippen molar-refractivity contribution in [1.29, 1.82) is 0 Å². The Hall–Kier alpha value is -1.53. The van der Waals surface area contributed by atoms with Crippen molar-refractivity contribution in [1.82, 2.24) is 14.9 Å². The summed E-state index contributed by atoms with van der Waals surface area (Å²) in [5.74, 6) is 0.285. The van der Waals surface area contributed by atoms with Crippen LogP contribution in [0.5, 0.6) is 0 Å². The first-order chi connectivity index (χ1) is 8.84. The van der Waals surface area contributed by atoms with E-state index in [9.17, 15) is 0 Å². The monoisotopic (exact) mass is 249 g/mol. The third-order valence-electron chi connectivity index (χ3n) is 2.78. The third kappa shape index (κ3) is 4.38. The number of hydrogen-bond acceptors (Lipinski definition) is 6. The Morgan fingerprint density at radius 3 is 3.06 bits per heavy atom. The molecule has 0 aliphatic carbocycles. The Balaban J connectivity index is 1.65. The lowest BCUT2D eigenvalue weighted by Crippen LogP contribution is -2.37. The molecule has 18 heavy (non-hydrogen) atoms. The highest BCUT2D eigenvalue weighted by molar-refractivity contribution is 5.77. The first kappa shape index (κ1) is 12.9. The van der Waals surface area contributed by atoms with Gasteiger partial charge >= 0.3 is 0 Å². The Morgan fingerprint density at radius 2 is 2.28 bits per heavy atom. The molecule has 6 nitrogen and oxygen atoms in total. The van der Waals surface area contributed by atoms with Gasteiger partial charge < -0.3 is 10.5 Å². The smallest absolute Gasteiger partial charge is 0.220 e. The Kier molecular flexibility index (Phi) is 5.04. The number of nitrogen functional groups attached to an aromatic ring is 1. The summed E-state index contributed by atoms with van der Waals surface area (Å²) in [6.07, 6.45) is 4.44. The molecule has 1 aromatic heterocycles. The molecule has 0 spiro atoms. The van der Waals surface area contributed by atoms with Crippen molar-refractivity contribution in [2.24, 2.45) is 4.99 Å². The van der Waals surface area contributed by atoms with E-state index in [0.29, 0.717) is 0 Å². The Bertz CT molecular complexity index is 390. The summed E-state index contributed by atoms with van der Waals surface area (Å²) < 4.78 is 5.30. The molecule has 2 heterocycles. The molecular formula is C12H19N5O. The van der Waals surface area contributed by atoms with Crippen LogP contribution in [0.4, 0.5) is 5.95 Å². The first-order valence-electron chi connectivity index (χ1n) is 6.23. The van der Waals surface area contributed by atoms with Gasteiger partial charge in [0, 0.05) is 38.6 Å². The zero-order valence-electron chi connectivity index (χ0n) is 10.5. The van der Waals surface area contributed by atoms with Crippen molar-refractivity contribution >= 4 is 12.2 Å². The van der Waals surface area contributed by atoms with Crippen molar-refractivity contribution in [3.63, 3.8) is 0 Å². The van der Waals surface area contributed by atoms with Crippen LogP contribution < -0.4 is 5.73 Å². The van der Waals surface area contributed by atoms with Crippen LogP contribution in [0.3, 0.4) is 0 Å². The molecule has 0 radical (unpaired) electrons. The van der Waals surface area contributed by atoms with Gasteiger partial charge in [0.05, 0.1) is 18.9 Å². The van der Waals surface area contributed by atoms with Crippen LogP contribution in [-0.4, -0.2) is 60.5 Å². The fourth-order valence-corrected chi connectivity index (χ4v) is 1.83. The van der Waals surface area contributed by atoms with Crippen LogP contribution in [0.25, 0.3) is 0 Å². The van der Waals surface area contributed by atoms with Crippen LogP contribution in [0.15, 0.2) is 17.3 Å². The molecule has 1 aliphatic heterocycles. The van der Waals surface area contributed by atoms with Gasteiger partial charge in [-0.3, -0.25) is 9.89 Å². The lowest BCUT2D eigenvalue weighted by molar-refractivity contribution is 0.0377. The third-order valence-corrected chi connectivity index (χ3v) is 2.78. The van der Waals surface area contributed by atoms with Gasteiger partial charge in [0.15, 0.2) is 0 Å². The maximum atomic E-state index is 5.48. The van der Waals surface area contributed by atoms with Gasteiger partial charge in [-0.2, -0.15) is 0 Å². The molecule has 0 aromatic carbocycles. The molecule has 0 bridgehead atoms. The average Bonchev–Trinajstić information content (AvgIpc) is 2.40. The topological polar surface area (TPSA) is 76.6 Å². The van der Waals surface area contributed by atoms with Crippen LogP contribution in [0, 0.1) is 0 Å². The predicted octanol–water partition coefficient (Wildman–Crippen LogP) is 0.200. The Labute approximate surface area is 107 Å². The van der Waals surface area contributed by atoms with Crippen LogP contribution >= 0.6 is 0 Å². The molecule has 98 valence electrons. The van der Waals surface area contributed by atoms with E-state index in [0.717, 1.165) is 51.5 Å². The number of aromatic nitrogens is 2. The summed E-state index contributed by atoms with van der Waals surface area (Å²) in [5.41, 5.74) is 6.24. The number of morpholine rings is 1. The molecule has 1 saturated heterocycles. The summed E-state index contributed by atoms with van der Waals surface area (Å²) in [6.45, 7) is 5.65. The van der Waals surface area contributed by atoms with Gasteiger partial charge in [-0.25, -0.2) is 9.97 Å². The lowest BCUT2D eigenvalue weighted by Gasteiger charge is -2.26. The SMILES string of the molecule is Nc1nccc(C=NCCCN2CCOCC2)n1. The second-order valence-electron chi connectivity index (χ2n) is 4.18. The van der Waals surface area contributed by atoms with Gasteiger partial charge in [-0.15, -0.1) is 0 Å². The second-order valence-corrected chi connectivity index (χ2v) is 4.18.